The molecule has 0 amide bonds. The summed E-state index contributed by atoms with van der Waals surface area (Å²) in [4.78, 5) is 12.7. The third-order valence-corrected chi connectivity index (χ3v) is 8.88. The zero-order valence-corrected chi connectivity index (χ0v) is 22.1. The highest BCUT2D eigenvalue weighted by atomic mass is 32.2. The molecular formula is C25H30N2O3S3. The van der Waals surface area contributed by atoms with E-state index in [0.29, 0.717) is 12.1 Å². The highest BCUT2D eigenvalue weighted by Crippen LogP contribution is 2.55. The lowest BCUT2D eigenvalue weighted by atomic mass is 10.0. The number of hydrogen-bond acceptors (Lipinski definition) is 8. The van der Waals surface area contributed by atoms with Gasteiger partial charge in [0.25, 0.3) is 0 Å². The lowest BCUT2D eigenvalue weighted by Crippen LogP contribution is -2.27. The number of ether oxygens (including phenoxy) is 2. The molecule has 2 heterocycles. The first-order chi connectivity index (χ1) is 16.0. The number of thioether (sulfide) groups is 3. The van der Waals surface area contributed by atoms with Crippen LogP contribution < -0.4 is 9.47 Å². The van der Waals surface area contributed by atoms with E-state index in [9.17, 15) is 4.79 Å². The normalized spacial score (nSPS) is 13.9. The lowest BCUT2D eigenvalue weighted by Gasteiger charge is -2.38. The van der Waals surface area contributed by atoms with E-state index in [1.807, 2.05) is 30.4 Å². The third kappa shape index (κ3) is 6.62. The van der Waals surface area contributed by atoms with E-state index < -0.39 is 0 Å². The van der Waals surface area contributed by atoms with E-state index >= 15 is 0 Å². The molecule has 0 fully saturated rings. The molecule has 3 rings (SSSR count). The SMILES string of the molecule is CCCC(=O)Oc1ccc(C#Cc2cc3c(cc2SCC)OCCC3(SCC)SCC)nn1. The van der Waals surface area contributed by atoms with Crippen LogP contribution in [0.5, 0.6) is 11.6 Å². The number of carbonyl (C=O) groups is 1. The highest BCUT2D eigenvalue weighted by molar-refractivity contribution is 8.17. The minimum Gasteiger partial charge on any atom is -0.493 e. The van der Waals surface area contributed by atoms with Crippen molar-refractivity contribution in [3.8, 4) is 23.5 Å². The van der Waals surface area contributed by atoms with Gasteiger partial charge in [0.2, 0.25) is 5.88 Å². The van der Waals surface area contributed by atoms with Crippen molar-refractivity contribution in [2.45, 2.75) is 55.9 Å². The van der Waals surface area contributed by atoms with Gasteiger partial charge in [-0.15, -0.1) is 45.5 Å². The molecular weight excluding hydrogens is 472 g/mol. The average Bonchev–Trinajstić information content (AvgIpc) is 2.80. The monoisotopic (exact) mass is 502 g/mol. The molecule has 1 aromatic carbocycles. The summed E-state index contributed by atoms with van der Waals surface area (Å²) < 4.78 is 11.3. The zero-order valence-electron chi connectivity index (χ0n) is 19.6. The van der Waals surface area contributed by atoms with E-state index in [4.69, 9.17) is 9.47 Å². The van der Waals surface area contributed by atoms with E-state index in [0.717, 1.165) is 52.9 Å². The van der Waals surface area contributed by atoms with Gasteiger partial charge >= 0.3 is 5.97 Å². The molecule has 1 aromatic heterocycles. The standard InChI is InChI=1S/C25H30N2O3S3/c1-5-9-24(28)30-23-13-12-19(26-27-23)11-10-18-16-20-21(17-22(18)31-6-2)29-15-14-25(20,32-7-3)33-8-4/h12-13,16-17H,5-9,14-15H2,1-4H3. The molecule has 0 saturated heterocycles. The zero-order chi connectivity index (χ0) is 23.7. The highest BCUT2D eigenvalue weighted by Gasteiger charge is 2.38. The Balaban J connectivity index is 1.93. The Hall–Kier alpha value is -1.82. The first-order valence-electron chi connectivity index (χ1n) is 11.3. The van der Waals surface area contributed by atoms with Gasteiger partial charge in [-0.3, -0.25) is 4.79 Å². The Labute approximate surface area is 209 Å². The van der Waals surface area contributed by atoms with Crippen molar-refractivity contribution in [2.24, 2.45) is 0 Å². The Kier molecular flexibility index (Phi) is 9.84. The van der Waals surface area contributed by atoms with Gasteiger partial charge < -0.3 is 9.47 Å². The van der Waals surface area contributed by atoms with Gasteiger partial charge in [0.15, 0.2) is 0 Å². The van der Waals surface area contributed by atoms with Crippen LogP contribution in [0.1, 0.15) is 63.8 Å². The van der Waals surface area contributed by atoms with Crippen molar-refractivity contribution in [3.63, 3.8) is 0 Å². The number of hydrogen-bond donors (Lipinski definition) is 0. The number of fused-ring (bicyclic) bond motifs is 1. The molecule has 5 nitrogen and oxygen atoms in total. The second-order valence-corrected chi connectivity index (χ2v) is 11.9. The van der Waals surface area contributed by atoms with Crippen molar-refractivity contribution < 1.29 is 14.3 Å². The number of carbonyl (C=O) groups excluding carboxylic acids is 1. The first kappa shape index (κ1) is 25.8. The number of rotatable bonds is 9. The second kappa shape index (κ2) is 12.6. The minimum absolute atomic E-state index is 0.00720. The van der Waals surface area contributed by atoms with Gasteiger partial charge in [-0.05, 0) is 47.8 Å². The van der Waals surface area contributed by atoms with Crippen molar-refractivity contribution in [1.29, 1.82) is 0 Å². The molecule has 176 valence electrons. The summed E-state index contributed by atoms with van der Waals surface area (Å²) in [5.41, 5.74) is 2.73. The van der Waals surface area contributed by atoms with Crippen molar-refractivity contribution >= 4 is 41.3 Å². The molecule has 0 bridgehead atoms. The maximum absolute atomic E-state index is 11.6. The van der Waals surface area contributed by atoms with Crippen LogP contribution in [0.25, 0.3) is 0 Å². The topological polar surface area (TPSA) is 61.3 Å². The molecule has 0 aliphatic carbocycles. The lowest BCUT2D eigenvalue weighted by molar-refractivity contribution is -0.134. The smallest absolute Gasteiger partial charge is 0.312 e. The molecule has 1 aliphatic heterocycles. The van der Waals surface area contributed by atoms with E-state index in [2.05, 4.69) is 54.9 Å². The van der Waals surface area contributed by atoms with Gasteiger partial charge in [0.1, 0.15) is 11.4 Å². The fourth-order valence-electron chi connectivity index (χ4n) is 3.53. The quantitative estimate of drug-likeness (QED) is 0.175. The summed E-state index contributed by atoms with van der Waals surface area (Å²) in [6, 6.07) is 7.72. The van der Waals surface area contributed by atoms with E-state index in [-0.39, 0.29) is 15.9 Å². The average molecular weight is 503 g/mol. The summed E-state index contributed by atoms with van der Waals surface area (Å²) in [5.74, 6) is 10.4. The van der Waals surface area contributed by atoms with Crippen molar-refractivity contribution in [3.05, 3.63) is 41.1 Å². The van der Waals surface area contributed by atoms with Crippen LogP contribution in [0.4, 0.5) is 0 Å². The Morgan fingerprint density at radius 1 is 1.09 bits per heavy atom. The van der Waals surface area contributed by atoms with Crippen LogP contribution in [0.2, 0.25) is 0 Å². The molecule has 0 N–H and O–H groups in total. The van der Waals surface area contributed by atoms with Crippen LogP contribution in [0.3, 0.4) is 0 Å². The molecule has 1 aliphatic rings. The van der Waals surface area contributed by atoms with Gasteiger partial charge in [-0.25, -0.2) is 0 Å². The first-order valence-corrected chi connectivity index (χ1v) is 14.3. The van der Waals surface area contributed by atoms with E-state index in [1.165, 1.54) is 5.56 Å². The minimum atomic E-state index is -0.304. The fourth-order valence-corrected chi connectivity index (χ4v) is 7.36. The maximum Gasteiger partial charge on any atom is 0.312 e. The molecule has 0 spiro atoms. The van der Waals surface area contributed by atoms with Crippen molar-refractivity contribution in [2.75, 3.05) is 23.9 Å². The number of benzene rings is 1. The largest absolute Gasteiger partial charge is 0.493 e. The summed E-state index contributed by atoms with van der Waals surface area (Å²) in [6.45, 7) is 9.22. The van der Waals surface area contributed by atoms with Crippen molar-refractivity contribution in [1.82, 2.24) is 10.2 Å². The summed E-state index contributed by atoms with van der Waals surface area (Å²) in [5, 5.41) is 8.10. The van der Waals surface area contributed by atoms with Crippen LogP contribution in [0, 0.1) is 11.8 Å². The van der Waals surface area contributed by atoms with Crippen LogP contribution in [-0.2, 0) is 8.87 Å². The second-order valence-electron chi connectivity index (χ2n) is 7.23. The molecule has 0 saturated carbocycles. The summed E-state index contributed by atoms with van der Waals surface area (Å²) in [7, 11) is 0. The summed E-state index contributed by atoms with van der Waals surface area (Å²) in [6.07, 6.45) is 2.07. The predicted octanol–water partition coefficient (Wildman–Crippen LogP) is 6.14. The maximum atomic E-state index is 11.6. The summed E-state index contributed by atoms with van der Waals surface area (Å²) >= 11 is 5.73. The molecule has 2 aromatic rings. The molecule has 0 atom stereocenters. The third-order valence-electron chi connectivity index (χ3n) is 4.87. The van der Waals surface area contributed by atoms with Gasteiger partial charge in [0, 0.05) is 34.9 Å². The van der Waals surface area contributed by atoms with Crippen LogP contribution >= 0.6 is 35.3 Å². The number of aromatic nitrogens is 2. The molecule has 8 heteroatoms. The van der Waals surface area contributed by atoms with Gasteiger partial charge in [-0.1, -0.05) is 33.6 Å². The molecule has 33 heavy (non-hydrogen) atoms. The molecule has 0 radical (unpaired) electrons. The predicted molar refractivity (Wildman–Crippen MR) is 139 cm³/mol. The Morgan fingerprint density at radius 2 is 1.88 bits per heavy atom. The Morgan fingerprint density at radius 3 is 2.52 bits per heavy atom. The Bertz CT molecular complexity index is 1010. The number of nitrogens with zero attached hydrogens (tertiary/aromatic N) is 2. The van der Waals surface area contributed by atoms with Gasteiger partial charge in [-0.2, -0.15) is 0 Å². The van der Waals surface area contributed by atoms with Crippen LogP contribution in [-0.4, -0.2) is 40.0 Å². The number of esters is 1. The fraction of sp³-hybridized carbons (Fsp3) is 0.480. The van der Waals surface area contributed by atoms with Crippen LogP contribution in [0.15, 0.2) is 29.2 Å². The van der Waals surface area contributed by atoms with Gasteiger partial charge in [0.05, 0.1) is 10.7 Å². The van der Waals surface area contributed by atoms with E-state index in [1.54, 1.807) is 23.9 Å². The molecule has 0 unspecified atom stereocenters.